The summed E-state index contributed by atoms with van der Waals surface area (Å²) >= 11 is 1.18. The van der Waals surface area contributed by atoms with Crippen molar-refractivity contribution in [3.63, 3.8) is 0 Å². The molecule has 0 aliphatic carbocycles. The number of esters is 1. The van der Waals surface area contributed by atoms with Crippen LogP contribution in [0.1, 0.15) is 26.7 Å². The van der Waals surface area contributed by atoms with E-state index in [1.165, 1.54) is 23.6 Å². The van der Waals surface area contributed by atoms with Gasteiger partial charge in [0.1, 0.15) is 6.54 Å². The summed E-state index contributed by atoms with van der Waals surface area (Å²) in [4.78, 5) is 22.9. The maximum Gasteiger partial charge on any atom is 0.327 e. The zero-order chi connectivity index (χ0) is 15.0. The standard InChI is InChI=1S/C11H19N5O3S/c1-4-8(5-2)12-9(17)7-20-11-13-14-15-16(11)6-10(18)19-3/h8H,4-7H2,1-3H3,(H,12,17). The minimum atomic E-state index is -0.444. The van der Waals surface area contributed by atoms with Crippen molar-refractivity contribution in [3.05, 3.63) is 0 Å². The lowest BCUT2D eigenvalue weighted by Crippen LogP contribution is -2.35. The quantitative estimate of drug-likeness (QED) is 0.542. The molecule has 0 spiro atoms. The molecule has 0 aromatic carbocycles. The zero-order valence-electron chi connectivity index (χ0n) is 11.8. The first-order chi connectivity index (χ1) is 9.60. The number of hydrogen-bond acceptors (Lipinski definition) is 7. The number of tetrazole rings is 1. The molecule has 1 amide bonds. The van der Waals surface area contributed by atoms with Gasteiger partial charge in [0.25, 0.3) is 0 Å². The Labute approximate surface area is 121 Å². The number of nitrogens with one attached hydrogen (secondary N) is 1. The Morgan fingerprint density at radius 1 is 1.40 bits per heavy atom. The van der Waals surface area contributed by atoms with Crippen molar-refractivity contribution < 1.29 is 14.3 Å². The summed E-state index contributed by atoms with van der Waals surface area (Å²) < 4.78 is 5.85. The third-order valence-electron chi connectivity index (χ3n) is 2.69. The first-order valence-corrected chi connectivity index (χ1v) is 7.34. The lowest BCUT2D eigenvalue weighted by molar-refractivity contribution is -0.141. The van der Waals surface area contributed by atoms with Crippen molar-refractivity contribution in [1.82, 2.24) is 25.5 Å². The van der Waals surface area contributed by atoms with Crippen LogP contribution >= 0.6 is 11.8 Å². The van der Waals surface area contributed by atoms with Gasteiger partial charge in [-0.05, 0) is 23.3 Å². The van der Waals surface area contributed by atoms with Gasteiger partial charge in [0.2, 0.25) is 11.1 Å². The van der Waals surface area contributed by atoms with Crippen LogP contribution in [0, 0.1) is 0 Å². The van der Waals surface area contributed by atoms with E-state index < -0.39 is 5.97 Å². The summed E-state index contributed by atoms with van der Waals surface area (Å²) in [5.41, 5.74) is 0. The smallest absolute Gasteiger partial charge is 0.327 e. The molecule has 0 aliphatic rings. The minimum absolute atomic E-state index is 0.0694. The molecule has 0 fully saturated rings. The van der Waals surface area contributed by atoms with Gasteiger partial charge in [-0.2, -0.15) is 0 Å². The summed E-state index contributed by atoms with van der Waals surface area (Å²) in [5.74, 6) is -0.310. The largest absolute Gasteiger partial charge is 0.468 e. The Hall–Kier alpha value is -1.64. The van der Waals surface area contributed by atoms with Gasteiger partial charge in [-0.1, -0.05) is 25.6 Å². The number of ether oxygens (including phenoxy) is 1. The molecule has 0 bridgehead atoms. The molecule has 1 N–H and O–H groups in total. The van der Waals surface area contributed by atoms with Crippen molar-refractivity contribution in [2.45, 2.75) is 44.4 Å². The molecule has 1 rings (SSSR count). The monoisotopic (exact) mass is 301 g/mol. The Morgan fingerprint density at radius 3 is 2.70 bits per heavy atom. The highest BCUT2D eigenvalue weighted by Crippen LogP contribution is 2.13. The third kappa shape index (κ3) is 5.16. The van der Waals surface area contributed by atoms with E-state index in [4.69, 9.17) is 0 Å². The number of carbonyl (C=O) groups excluding carboxylic acids is 2. The topological polar surface area (TPSA) is 99.0 Å². The summed E-state index contributed by atoms with van der Waals surface area (Å²) in [5, 5.41) is 14.3. The van der Waals surface area contributed by atoms with Gasteiger partial charge < -0.3 is 10.1 Å². The van der Waals surface area contributed by atoms with Crippen molar-refractivity contribution >= 4 is 23.6 Å². The first-order valence-electron chi connectivity index (χ1n) is 6.35. The number of nitrogens with zero attached hydrogens (tertiary/aromatic N) is 4. The Bertz CT molecular complexity index is 447. The van der Waals surface area contributed by atoms with Gasteiger partial charge in [0, 0.05) is 6.04 Å². The maximum absolute atomic E-state index is 11.8. The van der Waals surface area contributed by atoms with Crippen molar-refractivity contribution in [1.29, 1.82) is 0 Å². The molecular weight excluding hydrogens is 282 g/mol. The van der Waals surface area contributed by atoms with Gasteiger partial charge in [0.05, 0.1) is 12.9 Å². The molecule has 0 atom stereocenters. The second kappa shape index (κ2) is 8.51. The molecule has 0 saturated carbocycles. The molecule has 1 aromatic heterocycles. The van der Waals surface area contributed by atoms with Gasteiger partial charge in [-0.15, -0.1) is 5.10 Å². The summed E-state index contributed by atoms with van der Waals surface area (Å²) in [6.07, 6.45) is 1.79. The maximum atomic E-state index is 11.8. The average Bonchev–Trinajstić information content (AvgIpc) is 2.89. The zero-order valence-corrected chi connectivity index (χ0v) is 12.6. The molecule has 0 radical (unpaired) electrons. The van der Waals surface area contributed by atoms with E-state index >= 15 is 0 Å². The molecule has 112 valence electrons. The number of methoxy groups -OCH3 is 1. The number of amides is 1. The van der Waals surface area contributed by atoms with Crippen LogP contribution in [0.25, 0.3) is 0 Å². The Kier molecular flexibility index (Phi) is 6.99. The molecule has 0 saturated heterocycles. The van der Waals surface area contributed by atoms with Gasteiger partial charge in [-0.25, -0.2) is 4.68 Å². The number of aromatic nitrogens is 4. The molecule has 0 aliphatic heterocycles. The van der Waals surface area contributed by atoms with Crippen molar-refractivity contribution in [2.75, 3.05) is 12.9 Å². The normalized spacial score (nSPS) is 10.6. The molecule has 8 nitrogen and oxygen atoms in total. The van der Waals surface area contributed by atoms with E-state index in [2.05, 4.69) is 25.6 Å². The number of thioether (sulfide) groups is 1. The van der Waals surface area contributed by atoms with Gasteiger partial charge in [0.15, 0.2) is 0 Å². The summed E-state index contributed by atoms with van der Waals surface area (Å²) in [6.45, 7) is 3.98. The van der Waals surface area contributed by atoms with Crippen LogP contribution in [0.4, 0.5) is 0 Å². The van der Waals surface area contributed by atoms with Gasteiger partial charge >= 0.3 is 5.97 Å². The molecule has 1 heterocycles. The van der Waals surface area contributed by atoms with E-state index in [0.717, 1.165) is 12.8 Å². The van der Waals surface area contributed by atoms with Crippen molar-refractivity contribution in [3.8, 4) is 0 Å². The Morgan fingerprint density at radius 2 is 2.10 bits per heavy atom. The Balaban J connectivity index is 2.47. The number of hydrogen-bond donors (Lipinski definition) is 1. The first kappa shape index (κ1) is 16.4. The summed E-state index contributed by atoms with van der Waals surface area (Å²) in [6, 6.07) is 0.189. The van der Waals surface area contributed by atoms with Crippen LogP contribution in [0.15, 0.2) is 5.16 Å². The fourth-order valence-corrected chi connectivity index (χ4v) is 2.17. The van der Waals surface area contributed by atoms with Crippen LogP contribution in [0.3, 0.4) is 0 Å². The van der Waals surface area contributed by atoms with Crippen LogP contribution < -0.4 is 5.32 Å². The van der Waals surface area contributed by atoms with Crippen LogP contribution in [0.2, 0.25) is 0 Å². The highest BCUT2D eigenvalue weighted by Gasteiger charge is 2.14. The predicted molar refractivity (Wildman–Crippen MR) is 73.1 cm³/mol. The third-order valence-corrected chi connectivity index (χ3v) is 3.65. The summed E-state index contributed by atoms with van der Waals surface area (Å²) in [7, 11) is 1.29. The van der Waals surface area contributed by atoms with E-state index in [-0.39, 0.29) is 24.2 Å². The minimum Gasteiger partial charge on any atom is -0.468 e. The SMILES string of the molecule is CCC(CC)NC(=O)CSc1nnnn1CC(=O)OC. The molecule has 9 heteroatoms. The van der Waals surface area contributed by atoms with E-state index in [0.29, 0.717) is 5.16 Å². The van der Waals surface area contributed by atoms with Crippen molar-refractivity contribution in [2.24, 2.45) is 0 Å². The van der Waals surface area contributed by atoms with Crippen LogP contribution in [-0.4, -0.2) is 51.0 Å². The van der Waals surface area contributed by atoms with Crippen LogP contribution in [-0.2, 0) is 20.9 Å². The van der Waals surface area contributed by atoms with E-state index in [1.807, 2.05) is 13.8 Å². The lowest BCUT2D eigenvalue weighted by Gasteiger charge is -2.14. The molecule has 1 aromatic rings. The average molecular weight is 301 g/mol. The fraction of sp³-hybridized carbons (Fsp3) is 0.727. The van der Waals surface area contributed by atoms with Crippen LogP contribution in [0.5, 0.6) is 0 Å². The molecular formula is C11H19N5O3S. The lowest BCUT2D eigenvalue weighted by atomic mass is 10.2. The highest BCUT2D eigenvalue weighted by molar-refractivity contribution is 7.99. The number of rotatable bonds is 8. The second-order valence-corrected chi connectivity index (χ2v) is 5.01. The molecule has 20 heavy (non-hydrogen) atoms. The molecule has 0 unspecified atom stereocenters. The predicted octanol–water partition coefficient (Wildman–Crippen LogP) is 0.243. The van der Waals surface area contributed by atoms with E-state index in [9.17, 15) is 9.59 Å². The second-order valence-electron chi connectivity index (χ2n) is 4.06. The fourth-order valence-electron chi connectivity index (χ4n) is 1.48. The highest BCUT2D eigenvalue weighted by atomic mass is 32.2. The van der Waals surface area contributed by atoms with Gasteiger partial charge in [-0.3, -0.25) is 9.59 Å². The van der Waals surface area contributed by atoms with E-state index in [1.54, 1.807) is 0 Å². The number of carbonyl (C=O) groups is 2.